The van der Waals surface area contributed by atoms with E-state index in [1.165, 1.54) is 43.5 Å². The van der Waals surface area contributed by atoms with Crippen LogP contribution >= 0.6 is 0 Å². The van der Waals surface area contributed by atoms with E-state index in [9.17, 15) is 0 Å². The van der Waals surface area contributed by atoms with Gasteiger partial charge in [-0.1, -0.05) is 60.7 Å². The topological polar surface area (TPSA) is 6.48 Å². The molecule has 2 saturated heterocycles. The lowest BCUT2D eigenvalue weighted by molar-refractivity contribution is 0.104. The highest BCUT2D eigenvalue weighted by Gasteiger charge is 2.68. The number of fused-ring (bicyclic) bond motifs is 3. The summed E-state index contributed by atoms with van der Waals surface area (Å²) in [6.45, 7) is 4.82. The lowest BCUT2D eigenvalue weighted by Crippen LogP contribution is -2.47. The number of hydrogen-bond donors (Lipinski definition) is 0. The normalized spacial score (nSPS) is 31.2. The Morgan fingerprint density at radius 1 is 0.917 bits per heavy atom. The van der Waals surface area contributed by atoms with Crippen LogP contribution in [0.25, 0.3) is 0 Å². The van der Waals surface area contributed by atoms with Crippen molar-refractivity contribution in [1.29, 1.82) is 0 Å². The summed E-state index contributed by atoms with van der Waals surface area (Å²) in [6, 6.07) is 22.9. The van der Waals surface area contributed by atoms with Crippen LogP contribution in [0.4, 0.5) is 0 Å². The van der Waals surface area contributed by atoms with Gasteiger partial charge in [0.1, 0.15) is 0 Å². The van der Waals surface area contributed by atoms with E-state index < -0.39 is 0 Å². The van der Waals surface area contributed by atoms with Gasteiger partial charge in [0, 0.05) is 31.2 Å². The Balaban J connectivity index is 1.46. The zero-order valence-corrected chi connectivity index (χ0v) is 14.3. The van der Waals surface area contributed by atoms with Gasteiger partial charge < -0.3 is 0 Å². The van der Waals surface area contributed by atoms with E-state index in [1.807, 2.05) is 0 Å². The lowest BCUT2D eigenvalue weighted by atomic mass is 9.99. The van der Waals surface area contributed by atoms with Crippen molar-refractivity contribution in [2.45, 2.75) is 43.9 Å². The van der Waals surface area contributed by atoms with Crippen LogP contribution in [-0.4, -0.2) is 34.5 Å². The Bertz CT molecular complexity index is 657. The van der Waals surface area contributed by atoms with Gasteiger partial charge in [-0.05, 0) is 42.9 Å². The molecule has 2 aromatic rings. The van der Waals surface area contributed by atoms with Crippen LogP contribution in [0.3, 0.4) is 0 Å². The van der Waals surface area contributed by atoms with Gasteiger partial charge in [-0.25, -0.2) is 0 Å². The molecule has 3 atom stereocenters. The minimum atomic E-state index is 0.447. The molecule has 1 aliphatic carbocycles. The fourth-order valence-electron chi connectivity index (χ4n) is 5.42. The molecule has 0 unspecified atom stereocenters. The SMILES string of the molecule is c1ccc(CN(Cc2ccccc2)[C@]23C[C@H]2CN2CCC[C@H]23)cc1. The van der Waals surface area contributed by atoms with Gasteiger partial charge in [-0.2, -0.15) is 0 Å². The first-order valence-corrected chi connectivity index (χ1v) is 9.43. The predicted molar refractivity (Wildman–Crippen MR) is 97.6 cm³/mol. The highest BCUT2D eigenvalue weighted by molar-refractivity contribution is 5.28. The first-order valence-electron chi connectivity index (χ1n) is 9.43. The standard InChI is InChI=1S/C22H26N2/c1-3-8-18(9-4-1)15-24(16-19-10-5-2-6-11-19)22-14-20(22)17-23-13-7-12-21(22)23/h1-6,8-11,20-21H,7,12-17H2/t20-,21-,22+/m0/s1. The first kappa shape index (κ1) is 14.7. The van der Waals surface area contributed by atoms with Gasteiger partial charge in [0.15, 0.2) is 0 Å². The Kier molecular flexibility index (Phi) is 3.50. The number of benzene rings is 2. The molecule has 1 saturated carbocycles. The summed E-state index contributed by atoms with van der Waals surface area (Å²) in [5.41, 5.74) is 3.34. The Morgan fingerprint density at radius 3 is 2.17 bits per heavy atom. The van der Waals surface area contributed by atoms with Crippen LogP contribution in [0.1, 0.15) is 30.4 Å². The largest absolute Gasteiger partial charge is 0.298 e. The molecular formula is C22H26N2. The molecule has 3 aliphatic rings. The smallest absolute Gasteiger partial charge is 0.0416 e. The van der Waals surface area contributed by atoms with Crippen LogP contribution in [0.15, 0.2) is 60.7 Å². The van der Waals surface area contributed by atoms with Crippen LogP contribution in [0, 0.1) is 5.92 Å². The number of rotatable bonds is 5. The van der Waals surface area contributed by atoms with Crippen molar-refractivity contribution in [2.75, 3.05) is 13.1 Å². The van der Waals surface area contributed by atoms with E-state index in [2.05, 4.69) is 70.5 Å². The van der Waals surface area contributed by atoms with Gasteiger partial charge in [0.25, 0.3) is 0 Å². The zero-order valence-electron chi connectivity index (χ0n) is 14.3. The van der Waals surface area contributed by atoms with E-state index >= 15 is 0 Å². The maximum Gasteiger partial charge on any atom is 0.0416 e. The summed E-state index contributed by atoms with van der Waals surface area (Å²) >= 11 is 0. The van der Waals surface area contributed by atoms with Gasteiger partial charge in [0.05, 0.1) is 0 Å². The minimum absolute atomic E-state index is 0.447. The molecule has 0 radical (unpaired) electrons. The molecule has 2 heteroatoms. The molecule has 2 nitrogen and oxygen atoms in total. The van der Waals surface area contributed by atoms with Crippen LogP contribution in [-0.2, 0) is 13.1 Å². The minimum Gasteiger partial charge on any atom is -0.298 e. The van der Waals surface area contributed by atoms with Crippen molar-refractivity contribution in [3.8, 4) is 0 Å². The van der Waals surface area contributed by atoms with Gasteiger partial charge in [-0.15, -0.1) is 0 Å². The van der Waals surface area contributed by atoms with Crippen molar-refractivity contribution in [2.24, 2.45) is 5.92 Å². The second kappa shape index (κ2) is 5.72. The highest BCUT2D eigenvalue weighted by atomic mass is 15.4. The summed E-state index contributed by atoms with van der Waals surface area (Å²) in [5.74, 6) is 0.898. The van der Waals surface area contributed by atoms with E-state index in [1.54, 1.807) is 0 Å². The van der Waals surface area contributed by atoms with E-state index in [0.717, 1.165) is 25.0 Å². The number of nitrogens with zero attached hydrogens (tertiary/aromatic N) is 2. The molecule has 3 fully saturated rings. The second-order valence-electron chi connectivity index (χ2n) is 7.87. The molecule has 24 heavy (non-hydrogen) atoms. The van der Waals surface area contributed by atoms with Gasteiger partial charge in [0.2, 0.25) is 0 Å². The Labute approximate surface area is 145 Å². The number of piperidine rings is 1. The van der Waals surface area contributed by atoms with Crippen LogP contribution in [0.5, 0.6) is 0 Å². The fraction of sp³-hybridized carbons (Fsp3) is 0.455. The van der Waals surface area contributed by atoms with E-state index in [0.29, 0.717) is 5.54 Å². The molecule has 2 aliphatic heterocycles. The Morgan fingerprint density at radius 2 is 1.54 bits per heavy atom. The average Bonchev–Trinajstić information content (AvgIpc) is 2.99. The molecule has 0 spiro atoms. The molecule has 124 valence electrons. The molecule has 0 bridgehead atoms. The van der Waals surface area contributed by atoms with Crippen molar-refractivity contribution in [3.63, 3.8) is 0 Å². The third kappa shape index (κ3) is 2.32. The molecular weight excluding hydrogens is 292 g/mol. The van der Waals surface area contributed by atoms with Crippen molar-refractivity contribution in [1.82, 2.24) is 9.80 Å². The van der Waals surface area contributed by atoms with Crippen molar-refractivity contribution in [3.05, 3.63) is 71.8 Å². The lowest BCUT2D eigenvalue weighted by Gasteiger charge is -2.37. The summed E-state index contributed by atoms with van der Waals surface area (Å²) in [7, 11) is 0. The Hall–Kier alpha value is -1.64. The molecule has 5 rings (SSSR count). The molecule has 2 heterocycles. The molecule has 0 amide bonds. The average molecular weight is 318 g/mol. The van der Waals surface area contributed by atoms with Crippen molar-refractivity contribution >= 4 is 0 Å². The molecule has 0 aromatic heterocycles. The highest BCUT2D eigenvalue weighted by Crippen LogP contribution is 2.60. The first-order chi connectivity index (χ1) is 11.9. The summed E-state index contributed by atoms with van der Waals surface area (Å²) in [5, 5.41) is 0. The summed E-state index contributed by atoms with van der Waals surface area (Å²) in [6.07, 6.45) is 4.20. The maximum atomic E-state index is 2.82. The molecule has 0 N–H and O–H groups in total. The monoisotopic (exact) mass is 318 g/mol. The van der Waals surface area contributed by atoms with E-state index in [4.69, 9.17) is 0 Å². The summed E-state index contributed by atoms with van der Waals surface area (Å²) in [4.78, 5) is 5.59. The van der Waals surface area contributed by atoms with Crippen LogP contribution in [0.2, 0.25) is 0 Å². The quantitative estimate of drug-likeness (QED) is 0.824. The summed E-state index contributed by atoms with van der Waals surface area (Å²) < 4.78 is 0. The van der Waals surface area contributed by atoms with Gasteiger partial charge in [-0.3, -0.25) is 9.80 Å². The van der Waals surface area contributed by atoms with Gasteiger partial charge >= 0.3 is 0 Å². The van der Waals surface area contributed by atoms with E-state index in [-0.39, 0.29) is 0 Å². The molecule has 2 aromatic carbocycles. The fourth-order valence-corrected chi connectivity index (χ4v) is 5.42. The third-order valence-electron chi connectivity index (χ3n) is 6.54. The van der Waals surface area contributed by atoms with Crippen LogP contribution < -0.4 is 0 Å². The zero-order chi connectivity index (χ0) is 16.0. The predicted octanol–water partition coefficient (Wildman–Crippen LogP) is 3.93. The number of hydrogen-bond acceptors (Lipinski definition) is 2. The maximum absolute atomic E-state index is 2.82. The second-order valence-corrected chi connectivity index (χ2v) is 7.87. The third-order valence-corrected chi connectivity index (χ3v) is 6.54. The van der Waals surface area contributed by atoms with Crippen molar-refractivity contribution < 1.29 is 0 Å².